The Labute approximate surface area is 112 Å². The van der Waals surface area contributed by atoms with E-state index in [1.54, 1.807) is 14.2 Å². The summed E-state index contributed by atoms with van der Waals surface area (Å²) in [6.07, 6.45) is 0. The largest absolute Gasteiger partial charge is 0.493 e. The highest BCUT2D eigenvalue weighted by Crippen LogP contribution is 2.31. The van der Waals surface area contributed by atoms with Crippen LogP contribution in [0.15, 0.2) is 18.2 Å². The van der Waals surface area contributed by atoms with Crippen LogP contribution >= 0.6 is 12.2 Å². The Balaban J connectivity index is 2.28. The van der Waals surface area contributed by atoms with Crippen molar-refractivity contribution in [2.75, 3.05) is 40.5 Å². The van der Waals surface area contributed by atoms with Crippen LogP contribution in [0, 0.1) is 0 Å². The Hall–Kier alpha value is -1.33. The Morgan fingerprint density at radius 2 is 1.94 bits per heavy atom. The van der Waals surface area contributed by atoms with Gasteiger partial charge in [-0.2, -0.15) is 0 Å². The van der Waals surface area contributed by atoms with Crippen molar-refractivity contribution in [2.24, 2.45) is 0 Å². The summed E-state index contributed by atoms with van der Waals surface area (Å²) in [6, 6.07) is 5.74. The van der Waals surface area contributed by atoms with Gasteiger partial charge in [0.25, 0.3) is 0 Å². The maximum atomic E-state index is 5.54. The summed E-state index contributed by atoms with van der Waals surface area (Å²) in [7, 11) is 3.25. The van der Waals surface area contributed by atoms with E-state index < -0.39 is 0 Å². The molecule has 18 heavy (non-hydrogen) atoms. The van der Waals surface area contributed by atoms with E-state index in [4.69, 9.17) is 26.4 Å². The molecular formula is C13H17NO3S. The van der Waals surface area contributed by atoms with Gasteiger partial charge in [-0.15, -0.1) is 0 Å². The van der Waals surface area contributed by atoms with E-state index in [9.17, 15) is 0 Å². The Bertz CT molecular complexity index is 430. The minimum atomic E-state index is 0.691. The smallest absolute Gasteiger partial charge is 0.170 e. The van der Waals surface area contributed by atoms with Gasteiger partial charge < -0.3 is 19.1 Å². The van der Waals surface area contributed by atoms with Gasteiger partial charge in [0.2, 0.25) is 0 Å². The summed E-state index contributed by atoms with van der Waals surface area (Å²) in [5.41, 5.74) is 0.897. The number of morpholine rings is 1. The molecule has 5 heteroatoms. The lowest BCUT2D eigenvalue weighted by Crippen LogP contribution is -2.40. The molecule has 2 rings (SSSR count). The number of benzene rings is 1. The van der Waals surface area contributed by atoms with Crippen LogP contribution in [-0.4, -0.2) is 50.4 Å². The predicted molar refractivity (Wildman–Crippen MR) is 73.6 cm³/mol. The molecule has 4 nitrogen and oxygen atoms in total. The lowest BCUT2D eigenvalue weighted by Gasteiger charge is -2.29. The third-order valence-corrected chi connectivity index (χ3v) is 3.41. The fourth-order valence-corrected chi connectivity index (χ4v) is 2.34. The Kier molecular flexibility index (Phi) is 4.38. The van der Waals surface area contributed by atoms with Crippen molar-refractivity contribution < 1.29 is 14.2 Å². The van der Waals surface area contributed by atoms with Crippen LogP contribution in [0.25, 0.3) is 0 Å². The van der Waals surface area contributed by atoms with E-state index in [-0.39, 0.29) is 0 Å². The second-order valence-corrected chi connectivity index (χ2v) is 4.33. The number of methoxy groups -OCH3 is 2. The quantitative estimate of drug-likeness (QED) is 0.778. The highest BCUT2D eigenvalue weighted by atomic mass is 32.1. The number of rotatable bonds is 3. The Morgan fingerprint density at radius 3 is 2.56 bits per heavy atom. The van der Waals surface area contributed by atoms with Crippen molar-refractivity contribution in [3.63, 3.8) is 0 Å². The number of hydrogen-bond acceptors (Lipinski definition) is 4. The molecule has 0 atom stereocenters. The van der Waals surface area contributed by atoms with Crippen LogP contribution in [-0.2, 0) is 4.74 Å². The monoisotopic (exact) mass is 267 g/mol. The van der Waals surface area contributed by atoms with Crippen molar-refractivity contribution in [3.8, 4) is 11.5 Å². The number of nitrogens with zero attached hydrogens (tertiary/aromatic N) is 1. The van der Waals surface area contributed by atoms with Gasteiger partial charge in [-0.25, -0.2) is 0 Å². The Morgan fingerprint density at radius 1 is 1.22 bits per heavy atom. The van der Waals surface area contributed by atoms with E-state index in [2.05, 4.69) is 4.90 Å². The average molecular weight is 267 g/mol. The molecule has 0 unspecified atom stereocenters. The van der Waals surface area contributed by atoms with Gasteiger partial charge in [-0.05, 0) is 12.1 Å². The molecule has 1 saturated heterocycles. The zero-order chi connectivity index (χ0) is 13.0. The van der Waals surface area contributed by atoms with Crippen molar-refractivity contribution in [2.45, 2.75) is 0 Å². The predicted octanol–water partition coefficient (Wildman–Crippen LogP) is 1.71. The topological polar surface area (TPSA) is 30.9 Å². The third kappa shape index (κ3) is 2.57. The van der Waals surface area contributed by atoms with Crippen LogP contribution in [0.5, 0.6) is 11.5 Å². The molecule has 1 aromatic carbocycles. The fourth-order valence-electron chi connectivity index (χ4n) is 1.99. The first-order chi connectivity index (χ1) is 8.77. The second-order valence-electron chi connectivity index (χ2n) is 3.95. The summed E-state index contributed by atoms with van der Waals surface area (Å²) in [4.78, 5) is 2.92. The van der Waals surface area contributed by atoms with Crippen molar-refractivity contribution in [1.29, 1.82) is 0 Å². The van der Waals surface area contributed by atoms with Crippen LogP contribution < -0.4 is 9.47 Å². The highest BCUT2D eigenvalue weighted by molar-refractivity contribution is 7.80. The molecule has 0 bridgehead atoms. The van der Waals surface area contributed by atoms with Gasteiger partial charge in [0.05, 0.1) is 33.0 Å². The lowest BCUT2D eigenvalue weighted by molar-refractivity contribution is 0.0692. The molecule has 1 fully saturated rings. The molecule has 1 aliphatic heterocycles. The zero-order valence-electron chi connectivity index (χ0n) is 10.6. The first-order valence-corrected chi connectivity index (χ1v) is 6.26. The summed E-state index contributed by atoms with van der Waals surface area (Å²) >= 11 is 5.54. The minimum Gasteiger partial charge on any atom is -0.493 e. The van der Waals surface area contributed by atoms with Gasteiger partial charge >= 0.3 is 0 Å². The van der Waals surface area contributed by atoms with Crippen molar-refractivity contribution in [1.82, 2.24) is 4.90 Å². The highest BCUT2D eigenvalue weighted by Gasteiger charge is 2.20. The van der Waals surface area contributed by atoms with Gasteiger partial charge in [0.1, 0.15) is 4.99 Å². The third-order valence-electron chi connectivity index (χ3n) is 2.93. The molecular weight excluding hydrogens is 250 g/mol. The second kappa shape index (κ2) is 6.02. The molecule has 0 radical (unpaired) electrons. The number of para-hydroxylation sites is 1. The van der Waals surface area contributed by atoms with Crippen LogP contribution in [0.4, 0.5) is 0 Å². The number of hydrogen-bond donors (Lipinski definition) is 0. The summed E-state index contributed by atoms with van der Waals surface area (Å²) in [6.45, 7) is 3.07. The molecule has 0 spiro atoms. The standard InChI is InChI=1S/C13H17NO3S/c1-15-11-5-3-4-10(12(11)16-2)13(18)14-6-8-17-9-7-14/h3-5H,6-9H2,1-2H3. The SMILES string of the molecule is COc1cccc(C(=S)N2CCOCC2)c1OC. The van der Waals surface area contributed by atoms with Gasteiger partial charge in [-0.3, -0.25) is 0 Å². The van der Waals surface area contributed by atoms with Crippen LogP contribution in [0.3, 0.4) is 0 Å². The van der Waals surface area contributed by atoms with Crippen molar-refractivity contribution >= 4 is 17.2 Å². The molecule has 0 amide bonds. The van der Waals surface area contributed by atoms with E-state index in [0.29, 0.717) is 24.7 Å². The molecule has 0 N–H and O–H groups in total. The van der Waals surface area contributed by atoms with Gasteiger partial charge in [-0.1, -0.05) is 18.3 Å². The maximum Gasteiger partial charge on any atom is 0.170 e. The fraction of sp³-hybridized carbons (Fsp3) is 0.462. The summed E-state index contributed by atoms with van der Waals surface area (Å²) in [5, 5.41) is 0. The van der Waals surface area contributed by atoms with Gasteiger partial charge in [0.15, 0.2) is 11.5 Å². The first-order valence-electron chi connectivity index (χ1n) is 5.86. The van der Waals surface area contributed by atoms with Crippen molar-refractivity contribution in [3.05, 3.63) is 23.8 Å². The zero-order valence-corrected chi connectivity index (χ0v) is 11.5. The van der Waals surface area contributed by atoms with E-state index >= 15 is 0 Å². The molecule has 0 aliphatic carbocycles. The number of thiocarbonyl (C=S) groups is 1. The number of ether oxygens (including phenoxy) is 3. The molecule has 1 heterocycles. The van der Waals surface area contributed by atoms with Crippen LogP contribution in [0.2, 0.25) is 0 Å². The first kappa shape index (κ1) is 13.1. The molecule has 0 saturated carbocycles. The normalized spacial score (nSPS) is 15.3. The van der Waals surface area contributed by atoms with Gasteiger partial charge in [0, 0.05) is 13.1 Å². The summed E-state index contributed by atoms with van der Waals surface area (Å²) < 4.78 is 16.0. The van der Waals surface area contributed by atoms with E-state index in [0.717, 1.165) is 23.6 Å². The average Bonchev–Trinajstić information content (AvgIpc) is 2.46. The summed E-state index contributed by atoms with van der Waals surface area (Å²) in [5.74, 6) is 1.39. The lowest BCUT2D eigenvalue weighted by atomic mass is 10.1. The molecule has 0 aromatic heterocycles. The van der Waals surface area contributed by atoms with E-state index in [1.807, 2.05) is 18.2 Å². The molecule has 1 aromatic rings. The maximum absolute atomic E-state index is 5.54. The minimum absolute atomic E-state index is 0.691. The molecule has 98 valence electrons. The van der Waals surface area contributed by atoms with Crippen LogP contribution in [0.1, 0.15) is 5.56 Å². The van der Waals surface area contributed by atoms with E-state index in [1.165, 1.54) is 0 Å². The molecule has 1 aliphatic rings.